The van der Waals surface area contributed by atoms with E-state index >= 15 is 0 Å². The van der Waals surface area contributed by atoms with Crippen LogP contribution in [0.2, 0.25) is 0 Å². The Labute approximate surface area is 143 Å². The highest BCUT2D eigenvalue weighted by atomic mass is 16.2. The topological polar surface area (TPSA) is 57.7 Å². The molecule has 0 aromatic heterocycles. The van der Waals surface area contributed by atoms with Crippen molar-refractivity contribution in [1.82, 2.24) is 9.80 Å². The molecule has 1 aromatic carbocycles. The fourth-order valence-electron chi connectivity index (χ4n) is 3.06. The number of carbonyl (C=O) groups is 3. The van der Waals surface area contributed by atoms with E-state index in [9.17, 15) is 14.4 Å². The lowest BCUT2D eigenvalue weighted by Gasteiger charge is -2.22. The van der Waals surface area contributed by atoms with Crippen molar-refractivity contribution in [2.24, 2.45) is 0 Å². The molecule has 0 atom stereocenters. The molecule has 3 amide bonds. The van der Waals surface area contributed by atoms with Gasteiger partial charge in [0.05, 0.1) is 11.1 Å². The first-order valence-electron chi connectivity index (χ1n) is 8.74. The molecule has 130 valence electrons. The minimum absolute atomic E-state index is 0.103. The van der Waals surface area contributed by atoms with Crippen molar-refractivity contribution >= 4 is 17.7 Å². The molecule has 0 N–H and O–H groups in total. The highest BCUT2D eigenvalue weighted by molar-refractivity contribution is 6.21. The number of carbonyl (C=O) groups excluding carboxylic acids is 3. The molecule has 5 heteroatoms. The van der Waals surface area contributed by atoms with Crippen LogP contribution in [0.5, 0.6) is 0 Å². The maximum Gasteiger partial charge on any atom is 0.261 e. The smallest absolute Gasteiger partial charge is 0.261 e. The number of nitrogens with zero attached hydrogens (tertiary/aromatic N) is 2. The molecule has 5 nitrogen and oxygen atoms in total. The van der Waals surface area contributed by atoms with E-state index < -0.39 is 0 Å². The van der Waals surface area contributed by atoms with Gasteiger partial charge in [0, 0.05) is 26.1 Å². The average Bonchev–Trinajstić information content (AvgIpc) is 2.79. The minimum Gasteiger partial charge on any atom is -0.343 e. The van der Waals surface area contributed by atoms with Gasteiger partial charge in [-0.1, -0.05) is 25.5 Å². The average molecular weight is 330 g/mol. The van der Waals surface area contributed by atoms with Crippen molar-refractivity contribution < 1.29 is 14.4 Å². The fraction of sp³-hybridized carbons (Fsp3) is 0.526. The third-order valence-electron chi connectivity index (χ3n) is 4.24. The summed E-state index contributed by atoms with van der Waals surface area (Å²) in [7, 11) is 0. The van der Waals surface area contributed by atoms with Crippen LogP contribution in [0, 0.1) is 6.92 Å². The predicted octanol–water partition coefficient (Wildman–Crippen LogP) is 3.02. The second-order valence-electron chi connectivity index (χ2n) is 6.30. The van der Waals surface area contributed by atoms with Crippen LogP contribution in [0.25, 0.3) is 0 Å². The number of amides is 3. The quantitative estimate of drug-likeness (QED) is 0.689. The van der Waals surface area contributed by atoms with Gasteiger partial charge in [0.15, 0.2) is 0 Å². The molecular formula is C19H26N2O3. The lowest BCUT2D eigenvalue weighted by molar-refractivity contribution is -0.131. The summed E-state index contributed by atoms with van der Waals surface area (Å²) >= 11 is 0. The summed E-state index contributed by atoms with van der Waals surface area (Å²) in [6.45, 7) is 7.82. The predicted molar refractivity (Wildman–Crippen MR) is 92.9 cm³/mol. The lowest BCUT2D eigenvalue weighted by atomic mass is 10.1. The van der Waals surface area contributed by atoms with Crippen molar-refractivity contribution in [1.29, 1.82) is 0 Å². The summed E-state index contributed by atoms with van der Waals surface area (Å²) < 4.78 is 0. The molecular weight excluding hydrogens is 304 g/mol. The number of rotatable bonds is 8. The van der Waals surface area contributed by atoms with E-state index in [1.807, 2.05) is 17.9 Å². The van der Waals surface area contributed by atoms with Crippen molar-refractivity contribution in [3.05, 3.63) is 34.9 Å². The van der Waals surface area contributed by atoms with Crippen LogP contribution in [-0.4, -0.2) is 47.2 Å². The fourth-order valence-corrected chi connectivity index (χ4v) is 3.06. The molecule has 1 aromatic rings. The van der Waals surface area contributed by atoms with Crippen molar-refractivity contribution in [3.63, 3.8) is 0 Å². The van der Waals surface area contributed by atoms with Gasteiger partial charge < -0.3 is 4.90 Å². The van der Waals surface area contributed by atoms with Gasteiger partial charge in [0.1, 0.15) is 0 Å². The SMILES string of the molecule is CCCN(CCC)C(=O)CCCN1C(=O)c2ccc(C)cc2C1=O. The monoisotopic (exact) mass is 330 g/mol. The first-order valence-corrected chi connectivity index (χ1v) is 8.74. The normalized spacial score (nSPS) is 13.4. The van der Waals surface area contributed by atoms with Crippen LogP contribution < -0.4 is 0 Å². The Kier molecular flexibility index (Phi) is 6.12. The van der Waals surface area contributed by atoms with Crippen LogP contribution in [0.1, 0.15) is 65.8 Å². The summed E-state index contributed by atoms with van der Waals surface area (Å²) in [6, 6.07) is 5.30. The van der Waals surface area contributed by atoms with Crippen LogP contribution in [0.4, 0.5) is 0 Å². The summed E-state index contributed by atoms with van der Waals surface area (Å²) in [5.74, 6) is -0.391. The molecule has 0 saturated carbocycles. The van der Waals surface area contributed by atoms with Gasteiger partial charge in [-0.3, -0.25) is 19.3 Å². The Morgan fingerprint density at radius 1 is 1.04 bits per heavy atom. The highest BCUT2D eigenvalue weighted by Crippen LogP contribution is 2.24. The molecule has 0 aliphatic carbocycles. The zero-order valence-electron chi connectivity index (χ0n) is 14.8. The number of aryl methyl sites for hydroxylation is 1. The number of hydrogen-bond donors (Lipinski definition) is 0. The van der Waals surface area contributed by atoms with Crippen molar-refractivity contribution in [3.8, 4) is 0 Å². The van der Waals surface area contributed by atoms with E-state index in [-0.39, 0.29) is 17.7 Å². The molecule has 1 heterocycles. The summed E-state index contributed by atoms with van der Waals surface area (Å²) in [5, 5.41) is 0. The standard InChI is InChI=1S/C19H26N2O3/c1-4-10-20(11-5-2)17(22)7-6-12-21-18(23)15-9-8-14(3)13-16(15)19(21)24/h8-9,13H,4-7,10-12H2,1-3H3. The molecule has 1 aliphatic heterocycles. The van der Waals surface area contributed by atoms with Gasteiger partial charge in [-0.05, 0) is 38.3 Å². The van der Waals surface area contributed by atoms with Gasteiger partial charge in [-0.25, -0.2) is 0 Å². The molecule has 2 rings (SSSR count). The molecule has 1 aliphatic rings. The zero-order valence-corrected chi connectivity index (χ0v) is 14.8. The Hall–Kier alpha value is -2.17. The number of fused-ring (bicyclic) bond motifs is 1. The highest BCUT2D eigenvalue weighted by Gasteiger charge is 2.35. The number of imide groups is 1. The van der Waals surface area contributed by atoms with E-state index in [4.69, 9.17) is 0 Å². The van der Waals surface area contributed by atoms with E-state index in [2.05, 4.69) is 13.8 Å². The maximum atomic E-state index is 12.4. The maximum absolute atomic E-state index is 12.4. The summed E-state index contributed by atoms with van der Waals surface area (Å²) in [6.07, 6.45) is 2.74. The van der Waals surface area contributed by atoms with Crippen molar-refractivity contribution in [2.45, 2.75) is 46.5 Å². The zero-order chi connectivity index (χ0) is 17.7. The Bertz CT molecular complexity index is 633. The van der Waals surface area contributed by atoms with Gasteiger partial charge in [0.25, 0.3) is 11.8 Å². The number of hydrogen-bond acceptors (Lipinski definition) is 3. The van der Waals surface area contributed by atoms with Crippen molar-refractivity contribution in [2.75, 3.05) is 19.6 Å². The minimum atomic E-state index is -0.249. The molecule has 0 saturated heterocycles. The van der Waals surface area contributed by atoms with Crippen LogP contribution in [0.15, 0.2) is 18.2 Å². The third-order valence-corrected chi connectivity index (χ3v) is 4.24. The number of benzene rings is 1. The largest absolute Gasteiger partial charge is 0.343 e. The second kappa shape index (κ2) is 8.08. The van der Waals surface area contributed by atoms with E-state index in [0.29, 0.717) is 30.5 Å². The van der Waals surface area contributed by atoms with Gasteiger partial charge in [-0.15, -0.1) is 0 Å². The molecule has 24 heavy (non-hydrogen) atoms. The first kappa shape index (κ1) is 18.2. The Morgan fingerprint density at radius 3 is 2.29 bits per heavy atom. The molecule has 0 radical (unpaired) electrons. The van der Waals surface area contributed by atoms with Gasteiger partial charge >= 0.3 is 0 Å². The third kappa shape index (κ3) is 3.83. The Balaban J connectivity index is 1.92. The molecule has 0 bridgehead atoms. The van der Waals surface area contributed by atoms with Crippen LogP contribution in [0.3, 0.4) is 0 Å². The van der Waals surface area contributed by atoms with E-state index in [1.165, 1.54) is 4.90 Å². The van der Waals surface area contributed by atoms with E-state index in [1.54, 1.807) is 12.1 Å². The van der Waals surface area contributed by atoms with Crippen LogP contribution in [-0.2, 0) is 4.79 Å². The molecule has 0 fully saturated rings. The lowest BCUT2D eigenvalue weighted by Crippen LogP contribution is -2.34. The second-order valence-corrected chi connectivity index (χ2v) is 6.30. The van der Waals surface area contributed by atoms with Gasteiger partial charge in [0.2, 0.25) is 5.91 Å². The molecule has 0 spiro atoms. The first-order chi connectivity index (χ1) is 11.5. The van der Waals surface area contributed by atoms with E-state index in [0.717, 1.165) is 31.5 Å². The summed E-state index contributed by atoms with van der Waals surface area (Å²) in [4.78, 5) is 40.1. The van der Waals surface area contributed by atoms with Crippen LogP contribution >= 0.6 is 0 Å². The van der Waals surface area contributed by atoms with Gasteiger partial charge in [-0.2, -0.15) is 0 Å². The molecule has 0 unspecified atom stereocenters. The Morgan fingerprint density at radius 2 is 1.67 bits per heavy atom. The summed E-state index contributed by atoms with van der Waals surface area (Å²) in [5.41, 5.74) is 1.90.